The number of nitrogens with zero attached hydrogens (tertiary/aromatic N) is 4. The van der Waals surface area contributed by atoms with Crippen molar-refractivity contribution in [1.82, 2.24) is 19.9 Å². The van der Waals surface area contributed by atoms with Gasteiger partial charge in [0.2, 0.25) is 0 Å². The number of hydrogen-bond acceptors (Lipinski definition) is 10. The molecule has 4 aromatic rings. The van der Waals surface area contributed by atoms with Crippen molar-refractivity contribution in [3.8, 4) is 11.5 Å². The Hall–Kier alpha value is -3.50. The Bertz CT molecular complexity index is 2060. The van der Waals surface area contributed by atoms with Gasteiger partial charge in [-0.2, -0.15) is 0 Å². The Kier molecular flexibility index (Phi) is 30.5. The Balaban J connectivity index is 1.25. The van der Waals surface area contributed by atoms with E-state index in [0.29, 0.717) is 36.0 Å². The van der Waals surface area contributed by atoms with Gasteiger partial charge in [0.1, 0.15) is 11.5 Å². The summed E-state index contributed by atoms with van der Waals surface area (Å²) < 4.78 is 48.3. The van der Waals surface area contributed by atoms with Crippen LogP contribution in [0.4, 0.5) is 0 Å². The summed E-state index contributed by atoms with van der Waals surface area (Å²) in [6, 6.07) is 16.9. The molecule has 2 N–H and O–H groups in total. The molecule has 6 atom stereocenters. The molecule has 1 fully saturated rings. The monoisotopic (exact) mass is 1090 g/mol. The molecule has 0 radical (unpaired) electrons. The largest absolute Gasteiger partial charge is 0.494 e. The van der Waals surface area contributed by atoms with Crippen LogP contribution >= 0.6 is 15.2 Å². The van der Waals surface area contributed by atoms with Crippen LogP contribution in [0.3, 0.4) is 0 Å². The second-order valence-corrected chi connectivity index (χ2v) is 25.1. The van der Waals surface area contributed by atoms with Gasteiger partial charge in [-0.1, -0.05) is 205 Å². The highest BCUT2D eigenvalue weighted by Crippen LogP contribution is 2.66. The van der Waals surface area contributed by atoms with Crippen molar-refractivity contribution in [2.24, 2.45) is 0 Å². The maximum Gasteiger partial charge on any atom is 0.334 e. The third kappa shape index (κ3) is 23.5. The van der Waals surface area contributed by atoms with Gasteiger partial charge in [0, 0.05) is 48.5 Å². The Morgan fingerprint density at radius 1 is 0.382 bits per heavy atom. The van der Waals surface area contributed by atoms with Gasteiger partial charge in [0.15, 0.2) is 0 Å². The molecular weight excluding hydrogens is 991 g/mol. The molecule has 2 aromatic carbocycles. The van der Waals surface area contributed by atoms with Crippen molar-refractivity contribution in [3.63, 3.8) is 0 Å². The zero-order valence-corrected chi connectivity index (χ0v) is 49.1. The predicted molar refractivity (Wildman–Crippen MR) is 310 cm³/mol. The number of aromatic nitrogens is 4. The Morgan fingerprint density at radius 2 is 0.671 bits per heavy atom. The van der Waals surface area contributed by atoms with Gasteiger partial charge in [-0.3, -0.25) is 29.1 Å². The molecule has 12 nitrogen and oxygen atoms in total. The van der Waals surface area contributed by atoms with Crippen LogP contribution in [0.15, 0.2) is 73.3 Å². The molecule has 0 amide bonds. The molecule has 1 aliphatic carbocycles. The van der Waals surface area contributed by atoms with Crippen molar-refractivity contribution in [2.45, 2.75) is 243 Å². The van der Waals surface area contributed by atoms with Gasteiger partial charge in [-0.05, 0) is 62.1 Å². The number of rotatable bonds is 44. The first-order valence-electron chi connectivity index (χ1n) is 30.1. The minimum absolute atomic E-state index is 0.0724. The molecule has 0 bridgehead atoms. The van der Waals surface area contributed by atoms with E-state index in [2.05, 4.69) is 72.3 Å². The highest BCUT2D eigenvalue weighted by molar-refractivity contribution is 7.52. The van der Waals surface area contributed by atoms with Crippen LogP contribution in [0.1, 0.15) is 265 Å². The molecule has 0 spiro atoms. The minimum atomic E-state index is -3.89. The van der Waals surface area contributed by atoms with E-state index in [1.54, 1.807) is 38.6 Å². The molecule has 76 heavy (non-hydrogen) atoms. The van der Waals surface area contributed by atoms with E-state index in [4.69, 9.17) is 28.5 Å². The quantitative estimate of drug-likeness (QED) is 0.0319. The number of benzene rings is 2. The fourth-order valence-corrected chi connectivity index (χ4v) is 13.1. The molecule has 1 aliphatic rings. The minimum Gasteiger partial charge on any atom is -0.494 e. The molecule has 6 unspecified atom stereocenters. The zero-order chi connectivity index (χ0) is 54.1. The van der Waals surface area contributed by atoms with Crippen LogP contribution in [-0.2, 0) is 30.5 Å². The average molecular weight is 1090 g/mol. The smallest absolute Gasteiger partial charge is 0.334 e. The zero-order valence-electron chi connectivity index (χ0n) is 47.3. The summed E-state index contributed by atoms with van der Waals surface area (Å²) in [6.07, 6.45) is 42.9. The lowest BCUT2D eigenvalue weighted by molar-refractivity contribution is 0.218. The second kappa shape index (κ2) is 36.6. The predicted octanol–water partition coefficient (Wildman–Crippen LogP) is 17.9. The maximum absolute atomic E-state index is 12.7. The number of ether oxygens (including phenoxy) is 2. The van der Waals surface area contributed by atoms with Crippen LogP contribution in [-0.4, -0.2) is 56.2 Å². The van der Waals surface area contributed by atoms with Crippen molar-refractivity contribution in [2.75, 3.05) is 26.4 Å². The highest BCUT2D eigenvalue weighted by Gasteiger charge is 2.54. The maximum atomic E-state index is 12.7. The first kappa shape index (κ1) is 63.3. The lowest BCUT2D eigenvalue weighted by atomic mass is 9.51. The highest BCUT2D eigenvalue weighted by atomic mass is 31.2. The third-order valence-corrected chi connectivity index (χ3v) is 17.9. The summed E-state index contributed by atoms with van der Waals surface area (Å²) in [5.74, 6) is 1.10. The first-order chi connectivity index (χ1) is 37.1. The van der Waals surface area contributed by atoms with Crippen LogP contribution < -0.4 is 9.47 Å². The van der Waals surface area contributed by atoms with E-state index in [9.17, 15) is 18.9 Å². The van der Waals surface area contributed by atoms with E-state index in [0.717, 1.165) is 35.5 Å². The normalized spacial score (nSPS) is 18.0. The summed E-state index contributed by atoms with van der Waals surface area (Å²) in [5, 5.41) is 0. The van der Waals surface area contributed by atoms with Crippen LogP contribution in [0, 0.1) is 0 Å². The molecule has 2 aromatic heterocycles. The van der Waals surface area contributed by atoms with Gasteiger partial charge in [-0.25, -0.2) is 0 Å². The van der Waals surface area contributed by atoms with Gasteiger partial charge >= 0.3 is 15.2 Å². The number of unbranched alkanes of at least 4 members (excludes halogenated alkanes) is 26. The van der Waals surface area contributed by atoms with E-state index in [1.807, 2.05) is 0 Å². The van der Waals surface area contributed by atoms with Crippen LogP contribution in [0.2, 0.25) is 0 Å². The van der Waals surface area contributed by atoms with E-state index < -0.39 is 15.2 Å². The van der Waals surface area contributed by atoms with Gasteiger partial charge < -0.3 is 28.3 Å². The third-order valence-electron chi connectivity index (χ3n) is 15.1. The summed E-state index contributed by atoms with van der Waals surface area (Å²) >= 11 is 0. The molecule has 14 heteroatoms. The van der Waals surface area contributed by atoms with Crippen LogP contribution in [0.5, 0.6) is 11.5 Å². The standard InChI is InChI=1S/C62H98N4O8P2/c1-5-9-11-13-15-17-19-21-23-25-27-29-31-33-43-71-55-39-35-51(36-40-55)59-60(52-37-41-56(42-38-52)72-44-34-32-30-28-26-24-22-20-18-16-14-12-10-6-2)62(58-48-64-54(46-66-58)50-76(69,70)74-8-4)61(59)57-47-63-53(45-65-57)49-75(67,68)73-7-3/h35-42,45-48,59-62H,5-34,43-44,49-50H2,1-4H3,(H,67,68)(H,69,70). The van der Waals surface area contributed by atoms with E-state index in [-0.39, 0.29) is 49.2 Å². The Morgan fingerprint density at radius 3 is 0.934 bits per heavy atom. The van der Waals surface area contributed by atoms with E-state index in [1.165, 1.54) is 167 Å². The lowest BCUT2D eigenvalue weighted by Gasteiger charge is -2.52. The van der Waals surface area contributed by atoms with Gasteiger partial charge in [-0.15, -0.1) is 0 Å². The molecule has 424 valence electrons. The van der Waals surface area contributed by atoms with Crippen molar-refractivity contribution in [3.05, 3.63) is 107 Å². The van der Waals surface area contributed by atoms with Crippen molar-refractivity contribution < 1.29 is 37.4 Å². The summed E-state index contributed by atoms with van der Waals surface area (Å²) in [5.41, 5.74) is 4.38. The summed E-state index contributed by atoms with van der Waals surface area (Å²) in [7, 11) is -7.78. The summed E-state index contributed by atoms with van der Waals surface area (Å²) in [4.78, 5) is 39.9. The Labute approximate surface area is 459 Å². The van der Waals surface area contributed by atoms with Gasteiger partial charge in [0.05, 0.1) is 61.5 Å². The lowest BCUT2D eigenvalue weighted by Crippen LogP contribution is -2.41. The van der Waals surface area contributed by atoms with Crippen molar-refractivity contribution in [1.29, 1.82) is 0 Å². The van der Waals surface area contributed by atoms with Crippen molar-refractivity contribution >= 4 is 15.2 Å². The SMILES string of the molecule is CCCCCCCCCCCCCCCCOc1ccc(C2C(c3ccc(OCCCCCCCCCCCCCCCC)cc3)C(c3cnc(CP(=O)(O)OCC)cn3)C2c2cnc(CP(=O)(O)OCC)cn2)cc1. The second-order valence-electron chi connectivity index (χ2n) is 21.4. The average Bonchev–Trinajstić information content (AvgIpc) is 3.43. The summed E-state index contributed by atoms with van der Waals surface area (Å²) in [6.45, 7) is 9.51. The molecule has 0 aliphatic heterocycles. The molecule has 1 saturated carbocycles. The fraction of sp³-hybridized carbons (Fsp3) is 0.677. The van der Waals surface area contributed by atoms with Crippen LogP contribution in [0.25, 0.3) is 0 Å². The van der Waals surface area contributed by atoms with Gasteiger partial charge in [0.25, 0.3) is 0 Å². The molecule has 2 heterocycles. The molecular formula is C62H98N4O8P2. The molecule has 0 saturated heterocycles. The number of hydrogen-bond donors (Lipinski definition) is 2. The first-order valence-corrected chi connectivity index (χ1v) is 33.6. The topological polar surface area (TPSA) is 163 Å². The van der Waals surface area contributed by atoms with E-state index >= 15 is 0 Å². The molecule has 5 rings (SSSR count). The fourth-order valence-electron chi connectivity index (χ4n) is 11.0.